The van der Waals surface area contributed by atoms with E-state index in [9.17, 15) is 13.2 Å². The second-order valence-electron chi connectivity index (χ2n) is 9.92. The Morgan fingerprint density at radius 1 is 1.00 bits per heavy atom. The highest BCUT2D eigenvalue weighted by Crippen LogP contribution is 2.46. The summed E-state index contributed by atoms with van der Waals surface area (Å²) in [6.45, 7) is 6.36. The van der Waals surface area contributed by atoms with Crippen LogP contribution in [0, 0.1) is 0 Å². The number of benzene rings is 2. The Balaban J connectivity index is 1.53. The molecule has 2 aromatic carbocycles. The minimum absolute atomic E-state index is 0.0353. The SMILES string of the molecule is CN(C)S(=O)(=O)N1CCN(c2ccc3c(c2)C(C)(C)c2c(c4ccc(N)cc4n2C)C3=O)CC1. The van der Waals surface area contributed by atoms with Crippen molar-refractivity contribution in [2.75, 3.05) is 50.9 Å². The predicted molar refractivity (Wildman–Crippen MR) is 136 cm³/mol. The van der Waals surface area contributed by atoms with Gasteiger partial charge < -0.3 is 15.2 Å². The number of anilines is 2. The summed E-state index contributed by atoms with van der Waals surface area (Å²) in [7, 11) is 1.69. The van der Waals surface area contributed by atoms with Crippen LogP contribution in [0.1, 0.15) is 41.0 Å². The highest BCUT2D eigenvalue weighted by molar-refractivity contribution is 7.86. The second kappa shape index (κ2) is 7.56. The Morgan fingerprint density at radius 2 is 1.68 bits per heavy atom. The number of rotatable bonds is 3. The fourth-order valence-corrected chi connectivity index (χ4v) is 6.62. The number of carbonyl (C=O) groups excluding carboxylic acids is 1. The molecule has 2 N–H and O–H groups in total. The minimum Gasteiger partial charge on any atom is -0.399 e. The van der Waals surface area contributed by atoms with E-state index in [0.717, 1.165) is 39.0 Å². The summed E-state index contributed by atoms with van der Waals surface area (Å²) in [6, 6.07) is 11.7. The largest absolute Gasteiger partial charge is 0.399 e. The van der Waals surface area contributed by atoms with Crippen molar-refractivity contribution in [3.05, 3.63) is 58.8 Å². The minimum atomic E-state index is -3.42. The van der Waals surface area contributed by atoms with Gasteiger partial charge in [0.2, 0.25) is 0 Å². The number of carbonyl (C=O) groups is 1. The smallest absolute Gasteiger partial charge is 0.281 e. The first-order valence-electron chi connectivity index (χ1n) is 11.4. The van der Waals surface area contributed by atoms with E-state index >= 15 is 0 Å². The fourth-order valence-electron chi connectivity index (χ4n) is 5.53. The van der Waals surface area contributed by atoms with Crippen LogP contribution in [0.5, 0.6) is 0 Å². The van der Waals surface area contributed by atoms with E-state index in [1.54, 1.807) is 14.1 Å². The average Bonchev–Trinajstić information content (AvgIpc) is 3.10. The van der Waals surface area contributed by atoms with Crippen molar-refractivity contribution in [2.24, 2.45) is 7.05 Å². The van der Waals surface area contributed by atoms with Gasteiger partial charge in [-0.05, 0) is 35.9 Å². The van der Waals surface area contributed by atoms with Crippen LogP contribution < -0.4 is 10.6 Å². The molecule has 3 aromatic rings. The number of nitrogens with zero attached hydrogens (tertiary/aromatic N) is 4. The molecule has 1 aliphatic heterocycles. The van der Waals surface area contributed by atoms with Crippen LogP contribution in [0.15, 0.2) is 36.4 Å². The zero-order valence-electron chi connectivity index (χ0n) is 20.3. The number of ketones is 1. The number of piperazine rings is 1. The molecular formula is C25H31N5O3S. The number of hydrogen-bond acceptors (Lipinski definition) is 5. The third-order valence-corrected chi connectivity index (χ3v) is 9.30. The highest BCUT2D eigenvalue weighted by atomic mass is 32.2. The lowest BCUT2D eigenvalue weighted by atomic mass is 9.71. The molecule has 2 heterocycles. The van der Waals surface area contributed by atoms with E-state index in [0.29, 0.717) is 31.9 Å². The summed E-state index contributed by atoms with van der Waals surface area (Å²) in [6.07, 6.45) is 0. The van der Waals surface area contributed by atoms with Crippen LogP contribution in [-0.2, 0) is 22.7 Å². The van der Waals surface area contributed by atoms with Gasteiger partial charge in [-0.1, -0.05) is 19.9 Å². The summed E-state index contributed by atoms with van der Waals surface area (Å²) in [4.78, 5) is 15.9. The first-order valence-corrected chi connectivity index (χ1v) is 12.8. The molecular weight excluding hydrogens is 450 g/mol. The van der Waals surface area contributed by atoms with Crippen molar-refractivity contribution in [1.82, 2.24) is 13.2 Å². The lowest BCUT2D eigenvalue weighted by Gasteiger charge is -2.38. The zero-order chi connectivity index (χ0) is 24.6. The normalized spacial score (nSPS) is 18.4. The Bertz CT molecular complexity index is 1430. The molecule has 1 aliphatic carbocycles. The first kappa shape index (κ1) is 22.9. The van der Waals surface area contributed by atoms with E-state index in [1.165, 1.54) is 8.61 Å². The molecule has 1 fully saturated rings. The Hall–Kier alpha value is -2.88. The van der Waals surface area contributed by atoms with Crippen LogP contribution in [0.3, 0.4) is 0 Å². The number of fused-ring (bicyclic) bond motifs is 4. The standard InChI is InChI=1S/C25H31N5O3S/c1-25(2)20-15-17(29-10-12-30(13-11-29)34(32,33)27(3)4)7-9-18(20)23(31)22-19-8-6-16(26)14-21(19)28(5)24(22)25/h6-9,14-15H,10-13,26H2,1-5H3. The van der Waals surface area contributed by atoms with Gasteiger partial charge in [0.05, 0.1) is 11.1 Å². The third-order valence-electron chi connectivity index (χ3n) is 7.36. The molecule has 0 radical (unpaired) electrons. The van der Waals surface area contributed by atoms with Gasteiger partial charge in [-0.3, -0.25) is 4.79 Å². The average molecular weight is 482 g/mol. The molecule has 0 atom stereocenters. The molecule has 2 aliphatic rings. The Kier molecular flexibility index (Phi) is 5.09. The number of aromatic nitrogens is 1. The summed E-state index contributed by atoms with van der Waals surface area (Å²) < 4.78 is 29.8. The third kappa shape index (κ3) is 3.18. The lowest BCUT2D eigenvalue weighted by Crippen LogP contribution is -2.51. The predicted octanol–water partition coefficient (Wildman–Crippen LogP) is 2.56. The highest BCUT2D eigenvalue weighted by Gasteiger charge is 2.41. The number of nitrogen functional groups attached to an aromatic ring is 1. The molecule has 180 valence electrons. The van der Waals surface area contributed by atoms with Crippen molar-refractivity contribution < 1.29 is 13.2 Å². The van der Waals surface area contributed by atoms with Crippen molar-refractivity contribution in [3.63, 3.8) is 0 Å². The van der Waals surface area contributed by atoms with E-state index in [-0.39, 0.29) is 5.78 Å². The Morgan fingerprint density at radius 3 is 2.32 bits per heavy atom. The van der Waals surface area contributed by atoms with Crippen LogP contribution in [0.25, 0.3) is 10.9 Å². The molecule has 0 spiro atoms. The monoisotopic (exact) mass is 481 g/mol. The van der Waals surface area contributed by atoms with Crippen molar-refractivity contribution in [1.29, 1.82) is 0 Å². The maximum atomic E-state index is 13.7. The van der Waals surface area contributed by atoms with E-state index in [1.807, 2.05) is 37.4 Å². The van der Waals surface area contributed by atoms with Crippen LogP contribution in [0.4, 0.5) is 11.4 Å². The molecule has 0 amide bonds. The molecule has 8 nitrogen and oxygen atoms in total. The van der Waals surface area contributed by atoms with Crippen molar-refractivity contribution in [3.8, 4) is 0 Å². The number of nitrogens with two attached hydrogens (primary N) is 1. The first-order chi connectivity index (χ1) is 15.9. The van der Waals surface area contributed by atoms with Crippen molar-refractivity contribution >= 4 is 38.3 Å². The summed E-state index contributed by atoms with van der Waals surface area (Å²) in [5.41, 5.74) is 11.7. The van der Waals surface area contributed by atoms with Gasteiger partial charge in [0.1, 0.15) is 0 Å². The van der Waals surface area contributed by atoms with Gasteiger partial charge in [0, 0.05) is 80.8 Å². The number of aryl methyl sites for hydroxylation is 1. The number of hydrogen-bond donors (Lipinski definition) is 1. The maximum Gasteiger partial charge on any atom is 0.281 e. The van der Waals surface area contributed by atoms with E-state index in [2.05, 4.69) is 29.4 Å². The summed E-state index contributed by atoms with van der Waals surface area (Å²) in [5, 5.41) is 0.928. The quantitative estimate of drug-likeness (QED) is 0.581. The van der Waals surface area contributed by atoms with Crippen LogP contribution in [-0.4, -0.2) is 67.7 Å². The molecule has 5 rings (SSSR count). The van der Waals surface area contributed by atoms with E-state index in [4.69, 9.17) is 5.73 Å². The summed E-state index contributed by atoms with van der Waals surface area (Å²) >= 11 is 0. The molecule has 0 bridgehead atoms. The van der Waals surface area contributed by atoms with Crippen LogP contribution >= 0.6 is 0 Å². The summed E-state index contributed by atoms with van der Waals surface area (Å²) in [5.74, 6) is 0.0353. The van der Waals surface area contributed by atoms with Gasteiger partial charge in [0.25, 0.3) is 10.2 Å². The zero-order valence-corrected chi connectivity index (χ0v) is 21.1. The maximum absolute atomic E-state index is 13.7. The van der Waals surface area contributed by atoms with Gasteiger partial charge in [0.15, 0.2) is 5.78 Å². The van der Waals surface area contributed by atoms with E-state index < -0.39 is 15.6 Å². The van der Waals surface area contributed by atoms with Crippen LogP contribution in [0.2, 0.25) is 0 Å². The molecule has 0 unspecified atom stereocenters. The van der Waals surface area contributed by atoms with Gasteiger partial charge >= 0.3 is 0 Å². The Labute approximate surface area is 200 Å². The van der Waals surface area contributed by atoms with Gasteiger partial charge in [-0.25, -0.2) is 0 Å². The molecule has 34 heavy (non-hydrogen) atoms. The van der Waals surface area contributed by atoms with Gasteiger partial charge in [-0.15, -0.1) is 0 Å². The second-order valence-corrected chi connectivity index (χ2v) is 12.1. The molecule has 1 aromatic heterocycles. The fraction of sp³-hybridized carbons (Fsp3) is 0.400. The van der Waals surface area contributed by atoms with Gasteiger partial charge in [-0.2, -0.15) is 17.0 Å². The lowest BCUT2D eigenvalue weighted by molar-refractivity contribution is 0.103. The molecule has 9 heteroatoms. The van der Waals surface area contributed by atoms with Crippen molar-refractivity contribution in [2.45, 2.75) is 19.3 Å². The molecule has 1 saturated heterocycles. The topological polar surface area (TPSA) is 91.9 Å². The molecule has 0 saturated carbocycles.